The van der Waals surface area contributed by atoms with Crippen LogP contribution in [-0.4, -0.2) is 23.4 Å². The molecule has 1 aromatic heterocycles. The van der Waals surface area contributed by atoms with Crippen LogP contribution < -0.4 is 5.32 Å². The molecule has 1 heterocycles. The highest BCUT2D eigenvalue weighted by Gasteiger charge is 2.09. The molecule has 0 unspecified atom stereocenters. The van der Waals surface area contributed by atoms with E-state index in [1.807, 2.05) is 20.8 Å². The van der Waals surface area contributed by atoms with Crippen molar-refractivity contribution in [3.63, 3.8) is 0 Å². The summed E-state index contributed by atoms with van der Waals surface area (Å²) in [5.74, 6) is -0.271. The monoisotopic (exact) mass is 298 g/mol. The highest BCUT2D eigenvalue weighted by molar-refractivity contribution is 7.11. The van der Waals surface area contributed by atoms with Crippen molar-refractivity contribution in [1.82, 2.24) is 10.3 Å². The van der Waals surface area contributed by atoms with Gasteiger partial charge in [0, 0.05) is 19.4 Å². The third-order valence-corrected chi connectivity index (χ3v) is 3.77. The van der Waals surface area contributed by atoms with Crippen LogP contribution in [0.5, 0.6) is 0 Å². The average Bonchev–Trinajstić information content (AvgIpc) is 2.72. The Morgan fingerprint density at radius 2 is 2.05 bits per heavy atom. The van der Waals surface area contributed by atoms with Gasteiger partial charge in [0.15, 0.2) is 0 Å². The van der Waals surface area contributed by atoms with E-state index in [0.29, 0.717) is 19.4 Å². The third kappa shape index (κ3) is 6.14. The molecule has 112 valence electrons. The van der Waals surface area contributed by atoms with Crippen molar-refractivity contribution < 1.29 is 14.3 Å². The fourth-order valence-electron chi connectivity index (χ4n) is 1.67. The quantitative estimate of drug-likeness (QED) is 0.749. The van der Waals surface area contributed by atoms with Gasteiger partial charge in [-0.25, -0.2) is 4.98 Å². The van der Waals surface area contributed by atoms with Crippen molar-refractivity contribution >= 4 is 23.2 Å². The summed E-state index contributed by atoms with van der Waals surface area (Å²) in [5, 5.41) is 3.75. The van der Waals surface area contributed by atoms with Gasteiger partial charge in [0.2, 0.25) is 5.91 Å². The van der Waals surface area contributed by atoms with Crippen LogP contribution in [0.1, 0.15) is 48.2 Å². The summed E-state index contributed by atoms with van der Waals surface area (Å²) in [4.78, 5) is 28.2. The molecule has 0 aromatic carbocycles. The lowest BCUT2D eigenvalue weighted by Gasteiger charge is -2.04. The maximum atomic E-state index is 11.6. The van der Waals surface area contributed by atoms with Gasteiger partial charge in [-0.3, -0.25) is 9.59 Å². The molecule has 1 rings (SSSR count). The van der Waals surface area contributed by atoms with Gasteiger partial charge in [-0.15, -0.1) is 11.3 Å². The molecule has 1 amide bonds. The normalized spacial score (nSPS) is 10.3. The summed E-state index contributed by atoms with van der Waals surface area (Å²) >= 11 is 1.54. The first kappa shape index (κ1) is 16.6. The van der Waals surface area contributed by atoms with Gasteiger partial charge in [-0.2, -0.15) is 0 Å². The van der Waals surface area contributed by atoms with Crippen molar-refractivity contribution in [2.45, 2.75) is 53.1 Å². The first-order valence-corrected chi connectivity index (χ1v) is 7.69. The lowest BCUT2D eigenvalue weighted by molar-refractivity contribution is -0.145. The molecule has 0 bridgehead atoms. The molecule has 0 radical (unpaired) electrons. The number of rotatable bonds is 8. The van der Waals surface area contributed by atoms with Gasteiger partial charge >= 0.3 is 5.97 Å². The lowest BCUT2D eigenvalue weighted by atomic mass is 10.2. The predicted molar refractivity (Wildman–Crippen MR) is 78.5 cm³/mol. The minimum absolute atomic E-state index is 0.00595. The van der Waals surface area contributed by atoms with Crippen LogP contribution in [0.25, 0.3) is 0 Å². The number of esters is 1. The number of thiazole rings is 1. The Kier molecular flexibility index (Phi) is 7.22. The Morgan fingerprint density at radius 3 is 2.65 bits per heavy atom. The lowest BCUT2D eigenvalue weighted by Crippen LogP contribution is -2.23. The van der Waals surface area contributed by atoms with E-state index in [0.717, 1.165) is 22.0 Å². The van der Waals surface area contributed by atoms with E-state index in [-0.39, 0.29) is 24.9 Å². The van der Waals surface area contributed by atoms with Crippen LogP contribution in [0.2, 0.25) is 0 Å². The predicted octanol–water partition coefficient (Wildman–Crippen LogP) is 2.50. The molecule has 0 aliphatic rings. The van der Waals surface area contributed by atoms with Crippen LogP contribution in [0.4, 0.5) is 0 Å². The van der Waals surface area contributed by atoms with E-state index in [2.05, 4.69) is 10.3 Å². The van der Waals surface area contributed by atoms with E-state index >= 15 is 0 Å². The Labute approximate surface area is 123 Å². The summed E-state index contributed by atoms with van der Waals surface area (Å²) in [6.45, 7) is 6.80. The second-order valence-electron chi connectivity index (χ2n) is 4.61. The van der Waals surface area contributed by atoms with Crippen molar-refractivity contribution in [3.05, 3.63) is 15.6 Å². The number of aromatic nitrogens is 1. The number of hydrogen-bond acceptors (Lipinski definition) is 5. The second kappa shape index (κ2) is 8.68. The summed E-state index contributed by atoms with van der Waals surface area (Å²) in [6.07, 6.45) is 2.08. The maximum Gasteiger partial charge on any atom is 0.306 e. The van der Waals surface area contributed by atoms with Gasteiger partial charge < -0.3 is 10.1 Å². The Bertz CT molecular complexity index is 457. The number of carbonyl (C=O) groups is 2. The van der Waals surface area contributed by atoms with Crippen molar-refractivity contribution in [2.75, 3.05) is 6.54 Å². The highest BCUT2D eigenvalue weighted by atomic mass is 32.1. The smallest absolute Gasteiger partial charge is 0.306 e. The summed E-state index contributed by atoms with van der Waals surface area (Å²) in [7, 11) is 0. The maximum absolute atomic E-state index is 11.6. The Balaban J connectivity index is 2.18. The minimum Gasteiger partial charge on any atom is -0.460 e. The fraction of sp³-hybridized carbons (Fsp3) is 0.643. The van der Waals surface area contributed by atoms with Crippen LogP contribution in [0.15, 0.2) is 0 Å². The largest absolute Gasteiger partial charge is 0.460 e. The first-order chi connectivity index (χ1) is 9.52. The molecule has 0 aliphatic heterocycles. The van der Waals surface area contributed by atoms with Gasteiger partial charge in [-0.05, 0) is 26.7 Å². The third-order valence-electron chi connectivity index (χ3n) is 2.72. The molecule has 20 heavy (non-hydrogen) atoms. The van der Waals surface area contributed by atoms with Gasteiger partial charge in [0.1, 0.15) is 6.61 Å². The molecule has 0 spiro atoms. The SMILES string of the molecule is CCCNC(=O)CCCC(=O)OCc1sc(C)nc1C. The van der Waals surface area contributed by atoms with Crippen LogP contribution in [-0.2, 0) is 20.9 Å². The molecule has 0 aliphatic carbocycles. The topological polar surface area (TPSA) is 68.3 Å². The molecular weight excluding hydrogens is 276 g/mol. The molecule has 0 fully saturated rings. The zero-order chi connectivity index (χ0) is 15.0. The number of hydrogen-bond donors (Lipinski definition) is 1. The number of ether oxygens (including phenoxy) is 1. The molecule has 1 N–H and O–H groups in total. The van der Waals surface area contributed by atoms with Crippen molar-refractivity contribution in [3.8, 4) is 0 Å². The first-order valence-electron chi connectivity index (χ1n) is 6.88. The molecule has 1 aromatic rings. The second-order valence-corrected chi connectivity index (χ2v) is 5.89. The van der Waals surface area contributed by atoms with Crippen LogP contribution in [0, 0.1) is 13.8 Å². The molecule has 0 saturated carbocycles. The van der Waals surface area contributed by atoms with E-state index in [4.69, 9.17) is 4.74 Å². The molecular formula is C14H22N2O3S. The van der Waals surface area contributed by atoms with E-state index in [1.54, 1.807) is 11.3 Å². The van der Waals surface area contributed by atoms with Gasteiger partial charge in [-0.1, -0.05) is 6.92 Å². The van der Waals surface area contributed by atoms with Gasteiger partial charge in [0.05, 0.1) is 15.6 Å². The number of amides is 1. The van der Waals surface area contributed by atoms with Crippen molar-refractivity contribution in [2.24, 2.45) is 0 Å². The molecule has 0 atom stereocenters. The fourth-order valence-corrected chi connectivity index (χ4v) is 2.52. The Hall–Kier alpha value is -1.43. The number of nitrogens with zero attached hydrogens (tertiary/aromatic N) is 1. The summed E-state index contributed by atoms with van der Waals surface area (Å²) in [5.41, 5.74) is 0.916. The van der Waals surface area contributed by atoms with Crippen LogP contribution >= 0.6 is 11.3 Å². The minimum atomic E-state index is -0.265. The number of carbonyl (C=O) groups excluding carboxylic acids is 2. The van der Waals surface area contributed by atoms with E-state index in [9.17, 15) is 9.59 Å². The zero-order valence-electron chi connectivity index (χ0n) is 12.3. The number of nitrogens with one attached hydrogen (secondary N) is 1. The molecule has 0 saturated heterocycles. The average molecular weight is 298 g/mol. The van der Waals surface area contributed by atoms with Crippen LogP contribution in [0.3, 0.4) is 0 Å². The van der Waals surface area contributed by atoms with E-state index < -0.39 is 0 Å². The molecule has 6 heteroatoms. The number of aryl methyl sites for hydroxylation is 2. The highest BCUT2D eigenvalue weighted by Crippen LogP contribution is 2.18. The summed E-state index contributed by atoms with van der Waals surface area (Å²) < 4.78 is 5.18. The van der Waals surface area contributed by atoms with Gasteiger partial charge in [0.25, 0.3) is 0 Å². The molecule has 5 nitrogen and oxygen atoms in total. The van der Waals surface area contributed by atoms with E-state index in [1.165, 1.54) is 0 Å². The zero-order valence-corrected chi connectivity index (χ0v) is 13.1. The Morgan fingerprint density at radius 1 is 1.30 bits per heavy atom. The summed E-state index contributed by atoms with van der Waals surface area (Å²) in [6, 6.07) is 0. The van der Waals surface area contributed by atoms with Crippen molar-refractivity contribution in [1.29, 1.82) is 0 Å². The standard InChI is InChI=1S/C14H22N2O3S/c1-4-8-15-13(17)6-5-7-14(18)19-9-12-10(2)16-11(3)20-12/h4-9H2,1-3H3,(H,15,17).